The lowest BCUT2D eigenvalue weighted by atomic mass is 10.3. The van der Waals surface area contributed by atoms with E-state index in [2.05, 4.69) is 4.98 Å². The lowest BCUT2D eigenvalue weighted by Crippen LogP contribution is -2.09. The van der Waals surface area contributed by atoms with Crippen LogP contribution in [-0.2, 0) is 6.54 Å². The third-order valence-corrected chi connectivity index (χ3v) is 1.85. The number of allylic oxidation sites excluding steroid dienone is 1. The first-order valence-electron chi connectivity index (χ1n) is 4.09. The molecule has 0 unspecified atom stereocenters. The maximum absolute atomic E-state index is 8.32. The van der Waals surface area contributed by atoms with Crippen LogP contribution in [0.2, 0.25) is 5.15 Å². The van der Waals surface area contributed by atoms with E-state index < -0.39 is 0 Å². The van der Waals surface area contributed by atoms with Gasteiger partial charge < -0.3 is 4.90 Å². The minimum Gasteiger partial charge on any atom is -0.375 e. The first-order chi connectivity index (χ1) is 6.72. The predicted octanol–water partition coefficient (Wildman–Crippen LogP) is 2.20. The Morgan fingerprint density at radius 2 is 2.43 bits per heavy atom. The van der Waals surface area contributed by atoms with Gasteiger partial charge in [0.1, 0.15) is 5.15 Å². The summed E-state index contributed by atoms with van der Waals surface area (Å²) in [6, 6.07) is 5.59. The van der Waals surface area contributed by atoms with Gasteiger partial charge in [0, 0.05) is 32.1 Å². The zero-order chi connectivity index (χ0) is 10.4. The van der Waals surface area contributed by atoms with Crippen LogP contribution in [0.5, 0.6) is 0 Å². The van der Waals surface area contributed by atoms with Crippen molar-refractivity contribution in [1.82, 2.24) is 9.88 Å². The average molecular weight is 208 g/mol. The molecule has 0 spiro atoms. The van der Waals surface area contributed by atoms with Crippen molar-refractivity contribution < 1.29 is 0 Å². The highest BCUT2D eigenvalue weighted by Gasteiger charge is 1.95. The van der Waals surface area contributed by atoms with Crippen LogP contribution >= 0.6 is 11.6 Å². The van der Waals surface area contributed by atoms with Crippen molar-refractivity contribution in [2.24, 2.45) is 0 Å². The number of nitrogens with zero attached hydrogens (tertiary/aromatic N) is 3. The van der Waals surface area contributed by atoms with E-state index in [1.165, 1.54) is 6.08 Å². The monoisotopic (exact) mass is 207 g/mol. The smallest absolute Gasteiger partial charge is 0.129 e. The second kappa shape index (κ2) is 5.25. The second-order valence-electron chi connectivity index (χ2n) is 2.85. The fraction of sp³-hybridized carbons (Fsp3) is 0.200. The quantitative estimate of drug-likeness (QED) is 0.564. The van der Waals surface area contributed by atoms with Gasteiger partial charge in [-0.2, -0.15) is 5.26 Å². The summed E-state index contributed by atoms with van der Waals surface area (Å²) in [6.45, 7) is 0.711. The number of hydrogen-bond acceptors (Lipinski definition) is 3. The summed E-state index contributed by atoms with van der Waals surface area (Å²) in [7, 11) is 1.89. The summed E-state index contributed by atoms with van der Waals surface area (Å²) >= 11 is 5.65. The molecule has 0 atom stereocenters. The molecule has 1 aromatic rings. The van der Waals surface area contributed by atoms with E-state index in [4.69, 9.17) is 16.9 Å². The van der Waals surface area contributed by atoms with E-state index in [9.17, 15) is 0 Å². The third kappa shape index (κ3) is 3.46. The zero-order valence-electron chi connectivity index (χ0n) is 7.81. The van der Waals surface area contributed by atoms with Crippen molar-refractivity contribution in [2.75, 3.05) is 7.05 Å². The summed E-state index contributed by atoms with van der Waals surface area (Å²) in [5.74, 6) is 0. The Hall–Kier alpha value is -1.53. The van der Waals surface area contributed by atoms with Crippen molar-refractivity contribution in [1.29, 1.82) is 5.26 Å². The standard InChI is InChI=1S/C10H10ClN3/c1-14(6-2-5-12)8-9-3-4-10(11)13-7-9/h2-4,6-7H,8H2,1H3/b6-2+. The largest absolute Gasteiger partial charge is 0.375 e. The Kier molecular flexibility index (Phi) is 3.96. The van der Waals surface area contributed by atoms with Crippen LogP contribution in [0.25, 0.3) is 0 Å². The number of halogens is 1. The molecular weight excluding hydrogens is 198 g/mol. The van der Waals surface area contributed by atoms with Gasteiger partial charge in [-0.25, -0.2) is 4.98 Å². The third-order valence-electron chi connectivity index (χ3n) is 1.62. The molecule has 1 heterocycles. The lowest BCUT2D eigenvalue weighted by Gasteiger charge is -2.12. The van der Waals surface area contributed by atoms with Gasteiger partial charge in [0.25, 0.3) is 0 Å². The van der Waals surface area contributed by atoms with Crippen molar-refractivity contribution in [3.63, 3.8) is 0 Å². The SMILES string of the molecule is CN(/C=C/C#N)Cc1ccc(Cl)nc1. The van der Waals surface area contributed by atoms with Crippen molar-refractivity contribution in [3.05, 3.63) is 41.3 Å². The van der Waals surface area contributed by atoms with E-state index in [0.717, 1.165) is 5.56 Å². The molecule has 1 aromatic heterocycles. The average Bonchev–Trinajstić information content (AvgIpc) is 2.18. The molecule has 4 heteroatoms. The van der Waals surface area contributed by atoms with Gasteiger partial charge in [0.05, 0.1) is 6.07 Å². The van der Waals surface area contributed by atoms with E-state index in [0.29, 0.717) is 11.7 Å². The molecule has 72 valence electrons. The van der Waals surface area contributed by atoms with Crippen LogP contribution in [-0.4, -0.2) is 16.9 Å². The highest BCUT2D eigenvalue weighted by molar-refractivity contribution is 6.29. The first kappa shape index (κ1) is 10.6. The summed E-state index contributed by atoms with van der Waals surface area (Å²) in [4.78, 5) is 5.86. The van der Waals surface area contributed by atoms with E-state index in [1.807, 2.05) is 24.1 Å². The summed E-state index contributed by atoms with van der Waals surface area (Å²) < 4.78 is 0. The molecule has 0 amide bonds. The van der Waals surface area contributed by atoms with Gasteiger partial charge in [0.2, 0.25) is 0 Å². The second-order valence-corrected chi connectivity index (χ2v) is 3.24. The number of pyridine rings is 1. The van der Waals surface area contributed by atoms with Crippen LogP contribution in [0.4, 0.5) is 0 Å². The van der Waals surface area contributed by atoms with E-state index >= 15 is 0 Å². The van der Waals surface area contributed by atoms with Crippen LogP contribution in [0, 0.1) is 11.3 Å². The Bertz CT molecular complexity index is 351. The van der Waals surface area contributed by atoms with Crippen LogP contribution in [0.15, 0.2) is 30.6 Å². The predicted molar refractivity (Wildman–Crippen MR) is 55.5 cm³/mol. The van der Waals surface area contributed by atoms with E-state index in [-0.39, 0.29) is 0 Å². The summed E-state index contributed by atoms with van der Waals surface area (Å²) in [5.41, 5.74) is 1.06. The molecule has 0 aliphatic carbocycles. The fourth-order valence-electron chi connectivity index (χ4n) is 1.00. The molecule has 0 aliphatic heterocycles. The molecule has 0 saturated carbocycles. The number of rotatable bonds is 3. The normalized spacial score (nSPS) is 10.1. The van der Waals surface area contributed by atoms with Gasteiger partial charge in [-0.1, -0.05) is 17.7 Å². The molecule has 0 fully saturated rings. The Morgan fingerprint density at radius 1 is 1.64 bits per heavy atom. The van der Waals surface area contributed by atoms with Crippen molar-refractivity contribution in [2.45, 2.75) is 6.54 Å². The Balaban J connectivity index is 2.57. The molecule has 3 nitrogen and oxygen atoms in total. The fourth-order valence-corrected chi connectivity index (χ4v) is 1.11. The molecule has 1 rings (SSSR count). The van der Waals surface area contributed by atoms with Crippen molar-refractivity contribution >= 4 is 11.6 Å². The zero-order valence-corrected chi connectivity index (χ0v) is 8.57. The summed E-state index contributed by atoms with van der Waals surface area (Å²) in [5, 5.41) is 8.81. The molecule has 0 aromatic carbocycles. The Morgan fingerprint density at radius 3 is 3.00 bits per heavy atom. The van der Waals surface area contributed by atoms with Gasteiger partial charge >= 0.3 is 0 Å². The molecular formula is C10H10ClN3. The van der Waals surface area contributed by atoms with Crippen LogP contribution in [0.1, 0.15) is 5.56 Å². The maximum Gasteiger partial charge on any atom is 0.129 e. The van der Waals surface area contributed by atoms with Gasteiger partial charge in [-0.05, 0) is 11.6 Å². The maximum atomic E-state index is 8.32. The lowest BCUT2D eigenvalue weighted by molar-refractivity contribution is 0.450. The number of nitriles is 1. The highest BCUT2D eigenvalue weighted by atomic mass is 35.5. The molecule has 0 N–H and O–H groups in total. The molecule has 0 aliphatic rings. The van der Waals surface area contributed by atoms with Gasteiger partial charge in [-0.15, -0.1) is 0 Å². The molecule has 0 radical (unpaired) electrons. The van der Waals surface area contributed by atoms with Gasteiger partial charge in [0.15, 0.2) is 0 Å². The minimum atomic E-state index is 0.490. The van der Waals surface area contributed by atoms with E-state index in [1.54, 1.807) is 18.5 Å². The molecule has 0 bridgehead atoms. The van der Waals surface area contributed by atoms with Crippen LogP contribution in [0.3, 0.4) is 0 Å². The van der Waals surface area contributed by atoms with Crippen molar-refractivity contribution in [3.8, 4) is 6.07 Å². The number of aromatic nitrogens is 1. The minimum absolute atomic E-state index is 0.490. The molecule has 14 heavy (non-hydrogen) atoms. The topological polar surface area (TPSA) is 39.9 Å². The molecule has 0 saturated heterocycles. The first-order valence-corrected chi connectivity index (χ1v) is 4.47. The number of hydrogen-bond donors (Lipinski definition) is 0. The van der Waals surface area contributed by atoms with Crippen LogP contribution < -0.4 is 0 Å². The van der Waals surface area contributed by atoms with Gasteiger partial charge in [-0.3, -0.25) is 0 Å². The Labute approximate surface area is 88.2 Å². The summed E-state index contributed by atoms with van der Waals surface area (Å²) in [6.07, 6.45) is 4.87. The highest BCUT2D eigenvalue weighted by Crippen LogP contribution is 2.07.